The number of benzene rings is 1. The minimum Gasteiger partial charge on any atom is -0.355 e. The van der Waals surface area contributed by atoms with E-state index in [-0.39, 0.29) is 11.8 Å². The molecule has 2 amide bonds. The Bertz CT molecular complexity index is 797. The second kappa shape index (κ2) is 7.13. The maximum atomic E-state index is 12.5. The van der Waals surface area contributed by atoms with E-state index in [0.29, 0.717) is 26.2 Å². The predicted octanol–water partition coefficient (Wildman–Crippen LogP) is 4.55. The average molecular weight is 383 g/mol. The molecular weight excluding hydrogens is 367 g/mol. The number of amides is 2. The van der Waals surface area contributed by atoms with Crippen molar-refractivity contribution in [3.8, 4) is 0 Å². The van der Waals surface area contributed by atoms with Gasteiger partial charge >= 0.3 is 0 Å². The molecule has 3 rings (SSSR count). The summed E-state index contributed by atoms with van der Waals surface area (Å²) in [6, 6.07) is 4.67. The lowest BCUT2D eigenvalue weighted by molar-refractivity contribution is 0.0963. The molecule has 2 aromatic rings. The van der Waals surface area contributed by atoms with Crippen LogP contribution in [0.3, 0.4) is 0 Å². The lowest BCUT2D eigenvalue weighted by atomic mass is 9.95. The molecule has 0 unspecified atom stereocenters. The van der Waals surface area contributed by atoms with Gasteiger partial charge in [-0.2, -0.15) is 0 Å². The molecule has 4 nitrogen and oxygen atoms in total. The molecule has 1 aliphatic rings. The highest BCUT2D eigenvalue weighted by Crippen LogP contribution is 2.38. The summed E-state index contributed by atoms with van der Waals surface area (Å²) in [5.74, 6) is -0.503. The maximum absolute atomic E-state index is 12.5. The molecule has 126 valence electrons. The minimum atomic E-state index is -0.330. The number of hydrogen-bond acceptors (Lipinski definition) is 3. The summed E-state index contributed by atoms with van der Waals surface area (Å²) in [4.78, 5) is 26.0. The maximum Gasteiger partial charge on any atom is 0.256 e. The lowest BCUT2D eigenvalue weighted by Crippen LogP contribution is -2.22. The van der Waals surface area contributed by atoms with E-state index < -0.39 is 0 Å². The number of rotatable bonds is 3. The first-order valence-corrected chi connectivity index (χ1v) is 9.21. The first-order valence-electron chi connectivity index (χ1n) is 7.63. The van der Waals surface area contributed by atoms with Gasteiger partial charge in [0.05, 0.1) is 5.56 Å². The normalized spacial score (nSPS) is 13.3. The highest BCUT2D eigenvalue weighted by atomic mass is 35.5. The van der Waals surface area contributed by atoms with Gasteiger partial charge in [0.15, 0.2) is 0 Å². The summed E-state index contributed by atoms with van der Waals surface area (Å²) in [5.41, 5.74) is 2.01. The molecule has 7 heteroatoms. The fraction of sp³-hybridized carbons (Fsp3) is 0.294. The molecule has 1 heterocycles. The van der Waals surface area contributed by atoms with Crippen LogP contribution in [0.1, 0.15) is 44.0 Å². The Kier molecular flexibility index (Phi) is 5.13. The Labute approximate surface area is 154 Å². The van der Waals surface area contributed by atoms with Gasteiger partial charge in [0, 0.05) is 27.5 Å². The van der Waals surface area contributed by atoms with Gasteiger partial charge in [-0.05, 0) is 49.4 Å². The third-order valence-electron chi connectivity index (χ3n) is 3.98. The average Bonchev–Trinajstić information content (AvgIpc) is 2.91. The number of nitrogens with one attached hydrogen (secondary N) is 2. The third-order valence-corrected chi connectivity index (χ3v) is 5.62. The fourth-order valence-corrected chi connectivity index (χ4v) is 4.69. The van der Waals surface area contributed by atoms with Crippen LogP contribution in [0.15, 0.2) is 18.2 Å². The molecule has 0 radical (unpaired) electrons. The van der Waals surface area contributed by atoms with Crippen molar-refractivity contribution in [3.63, 3.8) is 0 Å². The van der Waals surface area contributed by atoms with Crippen LogP contribution in [0.25, 0.3) is 0 Å². The van der Waals surface area contributed by atoms with Gasteiger partial charge in [0.2, 0.25) is 0 Å². The van der Waals surface area contributed by atoms with Gasteiger partial charge in [0.25, 0.3) is 11.8 Å². The molecule has 0 atom stereocenters. The molecule has 1 aromatic carbocycles. The van der Waals surface area contributed by atoms with Crippen molar-refractivity contribution in [3.05, 3.63) is 49.8 Å². The van der Waals surface area contributed by atoms with Crippen molar-refractivity contribution < 1.29 is 9.59 Å². The zero-order valence-corrected chi connectivity index (χ0v) is 15.4. The van der Waals surface area contributed by atoms with E-state index in [9.17, 15) is 9.59 Å². The smallest absolute Gasteiger partial charge is 0.256 e. The van der Waals surface area contributed by atoms with Gasteiger partial charge in [-0.15, -0.1) is 11.3 Å². The molecule has 1 aromatic heterocycles. The summed E-state index contributed by atoms with van der Waals surface area (Å²) in [6.45, 7) is 0. The van der Waals surface area contributed by atoms with Crippen LogP contribution in [0.4, 0.5) is 5.00 Å². The second-order valence-electron chi connectivity index (χ2n) is 5.61. The molecule has 0 bridgehead atoms. The zero-order valence-electron chi connectivity index (χ0n) is 13.0. The first-order chi connectivity index (χ1) is 11.5. The highest BCUT2D eigenvalue weighted by molar-refractivity contribution is 7.17. The number of carbonyl (C=O) groups is 2. The first kappa shape index (κ1) is 17.3. The van der Waals surface area contributed by atoms with Crippen molar-refractivity contribution in [2.45, 2.75) is 25.7 Å². The molecule has 2 N–H and O–H groups in total. The molecule has 1 aliphatic carbocycles. The van der Waals surface area contributed by atoms with Crippen molar-refractivity contribution in [2.75, 3.05) is 12.4 Å². The Balaban J connectivity index is 1.95. The molecular formula is C17H16Cl2N2O2S. The van der Waals surface area contributed by atoms with Crippen molar-refractivity contribution in [2.24, 2.45) is 0 Å². The number of halogens is 2. The summed E-state index contributed by atoms with van der Waals surface area (Å²) in [6.07, 6.45) is 3.99. The molecule has 0 saturated heterocycles. The number of carbonyl (C=O) groups excluding carboxylic acids is 2. The van der Waals surface area contributed by atoms with Crippen LogP contribution >= 0.6 is 34.5 Å². The highest BCUT2D eigenvalue weighted by Gasteiger charge is 2.26. The van der Waals surface area contributed by atoms with E-state index in [2.05, 4.69) is 10.6 Å². The van der Waals surface area contributed by atoms with E-state index in [1.165, 1.54) is 16.2 Å². The lowest BCUT2D eigenvalue weighted by Gasteiger charge is -2.12. The summed E-state index contributed by atoms with van der Waals surface area (Å²) in [7, 11) is 1.59. The summed E-state index contributed by atoms with van der Waals surface area (Å²) >= 11 is 13.4. The Morgan fingerprint density at radius 3 is 2.38 bits per heavy atom. The van der Waals surface area contributed by atoms with Gasteiger partial charge < -0.3 is 10.6 Å². The minimum absolute atomic E-state index is 0.172. The Hall–Kier alpha value is -1.56. The van der Waals surface area contributed by atoms with Gasteiger partial charge in [-0.3, -0.25) is 9.59 Å². The van der Waals surface area contributed by atoms with Crippen molar-refractivity contribution >= 4 is 51.4 Å². The fourth-order valence-electron chi connectivity index (χ4n) is 2.88. The topological polar surface area (TPSA) is 58.2 Å². The van der Waals surface area contributed by atoms with Crippen LogP contribution in [0, 0.1) is 0 Å². The van der Waals surface area contributed by atoms with Crippen LogP contribution in [0.2, 0.25) is 10.0 Å². The number of hydrogen-bond donors (Lipinski definition) is 2. The Morgan fingerprint density at radius 2 is 1.71 bits per heavy atom. The van der Waals surface area contributed by atoms with E-state index >= 15 is 0 Å². The predicted molar refractivity (Wildman–Crippen MR) is 98.8 cm³/mol. The summed E-state index contributed by atoms with van der Waals surface area (Å²) < 4.78 is 0. The Morgan fingerprint density at radius 1 is 1.04 bits per heavy atom. The van der Waals surface area contributed by atoms with Crippen LogP contribution in [0.5, 0.6) is 0 Å². The quantitative estimate of drug-likeness (QED) is 0.817. The molecule has 24 heavy (non-hydrogen) atoms. The van der Waals surface area contributed by atoms with Crippen LogP contribution in [-0.2, 0) is 12.8 Å². The SMILES string of the molecule is CNC(=O)c1c(NC(=O)c2cc(Cl)cc(Cl)c2)sc2c1CCCC2. The van der Waals surface area contributed by atoms with E-state index in [1.807, 2.05) is 0 Å². The van der Waals surface area contributed by atoms with E-state index in [0.717, 1.165) is 31.2 Å². The van der Waals surface area contributed by atoms with Crippen LogP contribution in [-0.4, -0.2) is 18.9 Å². The molecule has 0 fully saturated rings. The van der Waals surface area contributed by atoms with Gasteiger partial charge in [0.1, 0.15) is 5.00 Å². The summed E-state index contributed by atoms with van der Waals surface area (Å²) in [5, 5.41) is 6.89. The zero-order chi connectivity index (χ0) is 17.3. The van der Waals surface area contributed by atoms with Gasteiger partial charge in [-0.25, -0.2) is 0 Å². The molecule has 0 spiro atoms. The number of aryl methyl sites for hydroxylation is 1. The van der Waals surface area contributed by atoms with Crippen LogP contribution < -0.4 is 10.6 Å². The number of fused-ring (bicyclic) bond motifs is 1. The van der Waals surface area contributed by atoms with E-state index in [1.54, 1.807) is 25.2 Å². The monoisotopic (exact) mass is 382 g/mol. The van der Waals surface area contributed by atoms with Crippen molar-refractivity contribution in [1.82, 2.24) is 5.32 Å². The molecule has 0 saturated carbocycles. The second-order valence-corrected chi connectivity index (χ2v) is 7.58. The third kappa shape index (κ3) is 3.43. The van der Waals surface area contributed by atoms with Gasteiger partial charge in [-0.1, -0.05) is 23.2 Å². The standard InChI is InChI=1S/C17H16Cl2N2O2S/c1-20-16(23)14-12-4-2-3-5-13(12)24-17(14)21-15(22)9-6-10(18)8-11(19)7-9/h6-8H,2-5H2,1H3,(H,20,23)(H,21,22). The van der Waals surface area contributed by atoms with Crippen molar-refractivity contribution in [1.29, 1.82) is 0 Å². The van der Waals surface area contributed by atoms with E-state index in [4.69, 9.17) is 23.2 Å². The number of thiophene rings is 1. The largest absolute Gasteiger partial charge is 0.355 e. The molecule has 0 aliphatic heterocycles. The number of anilines is 1.